The van der Waals surface area contributed by atoms with Crippen LogP contribution in [0.5, 0.6) is 0 Å². The van der Waals surface area contributed by atoms with Gasteiger partial charge >= 0.3 is 0 Å². The summed E-state index contributed by atoms with van der Waals surface area (Å²) in [6, 6.07) is 24.1. The van der Waals surface area contributed by atoms with Crippen LogP contribution in [0, 0.1) is 62.6 Å². The second-order valence-electron chi connectivity index (χ2n) is 7.21. The predicted octanol–water partition coefficient (Wildman–Crippen LogP) is 11.1. The summed E-state index contributed by atoms with van der Waals surface area (Å²) in [6.07, 6.45) is 0. The summed E-state index contributed by atoms with van der Waals surface area (Å²) >= 11 is 0. The first-order chi connectivity index (χ1) is 17.0. The zero-order chi connectivity index (χ0) is 27.7. The van der Waals surface area contributed by atoms with Crippen LogP contribution in [-0.4, -0.2) is 0 Å². The zero-order valence-electron chi connectivity index (χ0n) is 21.4. The number of rotatable bonds is 0. The van der Waals surface area contributed by atoms with Gasteiger partial charge in [0.1, 0.15) is 34.9 Å². The van der Waals surface area contributed by atoms with Gasteiger partial charge < -0.3 is 0 Å². The lowest BCUT2D eigenvalue weighted by Gasteiger charge is -2.07. The topological polar surface area (TPSA) is 0 Å². The monoisotopic (exact) mass is 516 g/mol. The molecule has 0 nitrogen and oxygen atoms in total. The summed E-state index contributed by atoms with van der Waals surface area (Å²) in [5.41, 5.74) is 0.965. The molecule has 0 fully saturated rings. The van der Waals surface area contributed by atoms with Crippen molar-refractivity contribution in [2.24, 2.45) is 0 Å². The summed E-state index contributed by atoms with van der Waals surface area (Å²) < 4.78 is 74.7. The quantitative estimate of drug-likeness (QED) is 0.204. The Bertz CT molecular complexity index is 983. The predicted molar refractivity (Wildman–Crippen MR) is 146 cm³/mol. The highest BCUT2D eigenvalue weighted by atomic mass is 19.2. The van der Waals surface area contributed by atoms with Crippen LogP contribution >= 0.6 is 0 Å². The third kappa shape index (κ3) is 12.2. The van der Waals surface area contributed by atoms with Crippen molar-refractivity contribution >= 4 is 0 Å². The molecule has 0 N–H and O–H groups in total. The summed E-state index contributed by atoms with van der Waals surface area (Å²) in [6.45, 7) is 9.97. The van der Waals surface area contributed by atoms with E-state index in [0.717, 1.165) is 0 Å². The Balaban J connectivity index is -0.0000000961. The molecule has 0 spiro atoms. The molecule has 0 heterocycles. The molecule has 0 saturated heterocycles. The second kappa shape index (κ2) is 17.8. The number of halogens is 6. The molecule has 0 amide bonds. The molecule has 0 unspecified atom stereocenters. The third-order valence-electron chi connectivity index (χ3n) is 4.41. The van der Waals surface area contributed by atoms with E-state index in [9.17, 15) is 26.3 Å². The lowest BCUT2D eigenvalue weighted by Crippen LogP contribution is -2.01. The van der Waals surface area contributed by atoms with E-state index in [1.165, 1.54) is 26.3 Å². The SMILES string of the molecule is CC.Cc1c(F)c(C)c(F)c(C)c1F.Cc1ccccc1.Fc1cc(F)cc(F)c1.[HH].[HH].[HH].[HH].[HH].c1ccccc1. The highest BCUT2D eigenvalue weighted by Gasteiger charge is 2.16. The molecule has 204 valence electrons. The van der Waals surface area contributed by atoms with Gasteiger partial charge in [-0.1, -0.05) is 86.1 Å². The zero-order valence-corrected chi connectivity index (χ0v) is 21.4. The molecule has 0 bridgehead atoms. The van der Waals surface area contributed by atoms with Crippen LogP contribution in [0.1, 0.15) is 43.2 Å². The van der Waals surface area contributed by atoms with Crippen molar-refractivity contribution in [2.75, 3.05) is 0 Å². The van der Waals surface area contributed by atoms with Gasteiger partial charge in [-0.05, 0) is 27.7 Å². The van der Waals surface area contributed by atoms with Crippen molar-refractivity contribution < 1.29 is 33.5 Å². The first-order valence-electron chi connectivity index (χ1n) is 11.3. The van der Waals surface area contributed by atoms with E-state index >= 15 is 0 Å². The van der Waals surface area contributed by atoms with Crippen molar-refractivity contribution in [3.8, 4) is 0 Å². The molecule has 0 radical (unpaired) electrons. The van der Waals surface area contributed by atoms with E-state index in [-0.39, 0.29) is 23.8 Å². The largest absolute Gasteiger partial charge is 0.207 e. The van der Waals surface area contributed by atoms with Gasteiger partial charge in [0, 0.05) is 42.0 Å². The molecule has 4 aromatic carbocycles. The molecule has 4 aromatic rings. The fraction of sp³-hybridized carbons (Fsp3) is 0.200. The van der Waals surface area contributed by atoms with Gasteiger partial charge in [-0.15, -0.1) is 0 Å². The first kappa shape index (κ1) is 32.5. The maximum atomic E-state index is 13.0. The van der Waals surface area contributed by atoms with Crippen molar-refractivity contribution in [3.63, 3.8) is 0 Å². The molecule has 0 atom stereocenters. The van der Waals surface area contributed by atoms with Crippen LogP contribution in [0.2, 0.25) is 0 Å². The van der Waals surface area contributed by atoms with Gasteiger partial charge in [-0.3, -0.25) is 0 Å². The number of benzene rings is 4. The molecule has 6 heteroatoms. The summed E-state index contributed by atoms with van der Waals surface area (Å²) in [7, 11) is 0. The first-order valence-corrected chi connectivity index (χ1v) is 11.3. The van der Waals surface area contributed by atoms with Crippen LogP contribution in [0.15, 0.2) is 84.9 Å². The minimum absolute atomic E-state index is 0. The van der Waals surface area contributed by atoms with Gasteiger partial charge in [0.15, 0.2) is 0 Å². The Morgan fingerprint density at radius 2 is 0.639 bits per heavy atom. The fourth-order valence-electron chi connectivity index (χ4n) is 2.57. The molecule has 0 aromatic heterocycles. The average Bonchev–Trinajstić information content (AvgIpc) is 2.88. The lowest BCUT2D eigenvalue weighted by atomic mass is 10.1. The Kier molecular flexibility index (Phi) is 16.1. The van der Waals surface area contributed by atoms with Gasteiger partial charge in [0.05, 0.1) is 0 Å². The maximum Gasteiger partial charge on any atom is 0.134 e. The van der Waals surface area contributed by atoms with Crippen LogP contribution < -0.4 is 0 Å². The van der Waals surface area contributed by atoms with Gasteiger partial charge in [-0.25, -0.2) is 26.3 Å². The molecule has 0 aliphatic rings. The summed E-state index contributed by atoms with van der Waals surface area (Å²) in [5.74, 6) is -5.07. The Hall–Kier alpha value is -3.54. The van der Waals surface area contributed by atoms with Crippen LogP contribution in [0.3, 0.4) is 0 Å². The van der Waals surface area contributed by atoms with Crippen molar-refractivity contribution in [1.29, 1.82) is 0 Å². The minimum atomic E-state index is -0.896. The van der Waals surface area contributed by atoms with Gasteiger partial charge in [0.2, 0.25) is 0 Å². The Morgan fingerprint density at radius 1 is 0.417 bits per heavy atom. The van der Waals surface area contributed by atoms with E-state index in [1.807, 2.05) is 68.4 Å². The molecule has 36 heavy (non-hydrogen) atoms. The molecule has 0 saturated carbocycles. The van der Waals surface area contributed by atoms with Gasteiger partial charge in [0.25, 0.3) is 0 Å². The van der Waals surface area contributed by atoms with Crippen LogP contribution in [-0.2, 0) is 0 Å². The number of hydrogen-bond acceptors (Lipinski definition) is 0. The highest BCUT2D eigenvalue weighted by Crippen LogP contribution is 2.22. The summed E-state index contributed by atoms with van der Waals surface area (Å²) in [4.78, 5) is 0. The second-order valence-corrected chi connectivity index (χ2v) is 7.21. The molecule has 0 aliphatic heterocycles. The van der Waals surface area contributed by atoms with Crippen LogP contribution in [0.4, 0.5) is 26.3 Å². The molecular weight excluding hydrogens is 474 g/mol. The van der Waals surface area contributed by atoms with E-state index in [4.69, 9.17) is 0 Å². The average molecular weight is 517 g/mol. The fourth-order valence-corrected chi connectivity index (χ4v) is 2.57. The maximum absolute atomic E-state index is 13.0. The van der Waals surface area contributed by atoms with E-state index < -0.39 is 34.9 Å². The highest BCUT2D eigenvalue weighted by molar-refractivity contribution is 5.33. The Morgan fingerprint density at radius 3 is 0.833 bits per heavy atom. The lowest BCUT2D eigenvalue weighted by molar-refractivity contribution is 0.512. The molecule has 0 aliphatic carbocycles. The van der Waals surface area contributed by atoms with E-state index in [0.29, 0.717) is 18.2 Å². The number of hydrogen-bond donors (Lipinski definition) is 0. The molecular formula is C30H42F6. The van der Waals surface area contributed by atoms with Crippen molar-refractivity contribution in [2.45, 2.75) is 41.5 Å². The molecule has 4 rings (SSSR count). The standard InChI is InChI=1S/C9H9F3.C7H8.C6H3F3.C6H6.C2H6.5H2/c1-4-7(10)5(2)9(12)6(3)8(4)11;1-7-5-3-2-4-6-7;7-4-1-5(8)3-6(9)2-4;1-2-4-6-5-3-1;1-2;;;;;/h1-3H3;2-6H,1H3;1-3H;1-6H;1-2H3;5*1H. The van der Waals surface area contributed by atoms with Crippen molar-refractivity contribution in [1.82, 2.24) is 0 Å². The minimum Gasteiger partial charge on any atom is -0.207 e. The van der Waals surface area contributed by atoms with Gasteiger partial charge in [-0.2, -0.15) is 0 Å². The van der Waals surface area contributed by atoms with Crippen molar-refractivity contribution in [3.05, 3.63) is 142 Å². The van der Waals surface area contributed by atoms with E-state index in [2.05, 4.69) is 19.1 Å². The smallest absolute Gasteiger partial charge is 0.134 e. The number of aryl methyl sites for hydroxylation is 1. The van der Waals surface area contributed by atoms with Crippen LogP contribution in [0.25, 0.3) is 0 Å². The normalized spacial score (nSPS) is 9.11. The third-order valence-corrected chi connectivity index (χ3v) is 4.41. The Labute approximate surface area is 217 Å². The van der Waals surface area contributed by atoms with E-state index in [1.54, 1.807) is 0 Å². The summed E-state index contributed by atoms with van der Waals surface area (Å²) in [5, 5.41) is 0.